The van der Waals surface area contributed by atoms with Crippen molar-refractivity contribution >= 4 is 46.3 Å². The lowest BCUT2D eigenvalue weighted by atomic mass is 10.3. The third-order valence-corrected chi connectivity index (χ3v) is 3.72. The van der Waals surface area contributed by atoms with Crippen molar-refractivity contribution in [3.63, 3.8) is 0 Å². The topological polar surface area (TPSA) is 59.1 Å². The molecule has 5 nitrogen and oxygen atoms in total. The van der Waals surface area contributed by atoms with E-state index in [1.54, 1.807) is 30.5 Å². The van der Waals surface area contributed by atoms with Crippen LogP contribution >= 0.6 is 23.2 Å². The number of nitrogens with zero attached hydrogens (tertiary/aromatic N) is 2. The van der Waals surface area contributed by atoms with E-state index in [0.717, 1.165) is 17.1 Å². The molecule has 0 amide bonds. The molecule has 0 saturated carbocycles. The average molecular weight is 389 g/mol. The summed E-state index contributed by atoms with van der Waals surface area (Å²) in [6.07, 6.45) is 1.73. The maximum Gasteiger partial charge on any atom is 0.229 e. The summed E-state index contributed by atoms with van der Waals surface area (Å²) in [6, 6.07) is 14.6. The Morgan fingerprint density at radius 3 is 2.42 bits per heavy atom. The zero-order valence-electron chi connectivity index (χ0n) is 14.3. The summed E-state index contributed by atoms with van der Waals surface area (Å²) < 4.78 is 5.81. The zero-order valence-corrected chi connectivity index (χ0v) is 15.8. The van der Waals surface area contributed by atoms with E-state index >= 15 is 0 Å². The van der Waals surface area contributed by atoms with Crippen LogP contribution in [0.15, 0.2) is 54.7 Å². The molecule has 0 aliphatic carbocycles. The van der Waals surface area contributed by atoms with Crippen LogP contribution in [-0.4, -0.2) is 16.1 Å². The van der Waals surface area contributed by atoms with Gasteiger partial charge in [-0.3, -0.25) is 0 Å². The molecule has 7 heteroatoms. The summed E-state index contributed by atoms with van der Waals surface area (Å²) >= 11 is 12.1. The first-order valence-corrected chi connectivity index (χ1v) is 8.84. The van der Waals surface area contributed by atoms with Crippen molar-refractivity contribution in [1.29, 1.82) is 0 Å². The summed E-state index contributed by atoms with van der Waals surface area (Å²) in [4.78, 5) is 8.73. The number of halogens is 2. The van der Waals surface area contributed by atoms with Gasteiger partial charge in [-0.15, -0.1) is 0 Å². The van der Waals surface area contributed by atoms with Crippen LogP contribution in [0.5, 0.6) is 5.75 Å². The molecule has 0 fully saturated rings. The highest BCUT2D eigenvalue weighted by Gasteiger charge is 2.08. The number of hydrogen-bond acceptors (Lipinski definition) is 5. The minimum atomic E-state index is 0.0689. The minimum absolute atomic E-state index is 0.0689. The molecule has 134 valence electrons. The van der Waals surface area contributed by atoms with Crippen LogP contribution in [0.2, 0.25) is 10.0 Å². The Kier molecular flexibility index (Phi) is 5.81. The van der Waals surface area contributed by atoms with Crippen molar-refractivity contribution in [2.45, 2.75) is 20.0 Å². The second-order valence-electron chi connectivity index (χ2n) is 5.84. The standard InChI is InChI=1S/C19H18Cl2N4O/c1-12(2)26-17-6-4-3-5-16(17)24-19-22-8-7-18(25-19)23-15-10-13(20)9-14(21)11-15/h3-12H,1-2H3,(H2,22,23,24,25). The van der Waals surface area contributed by atoms with Crippen LogP contribution in [0.1, 0.15) is 13.8 Å². The van der Waals surface area contributed by atoms with E-state index in [1.807, 2.05) is 38.1 Å². The van der Waals surface area contributed by atoms with Crippen molar-refractivity contribution in [2.24, 2.45) is 0 Å². The highest BCUT2D eigenvalue weighted by Crippen LogP contribution is 2.28. The van der Waals surface area contributed by atoms with Gasteiger partial charge in [-0.25, -0.2) is 4.98 Å². The molecule has 0 atom stereocenters. The number of hydrogen-bond donors (Lipinski definition) is 2. The first-order valence-electron chi connectivity index (χ1n) is 8.08. The fourth-order valence-corrected chi connectivity index (χ4v) is 2.84. The highest BCUT2D eigenvalue weighted by molar-refractivity contribution is 6.35. The van der Waals surface area contributed by atoms with Gasteiger partial charge in [0.2, 0.25) is 5.95 Å². The van der Waals surface area contributed by atoms with Gasteiger partial charge in [0, 0.05) is 21.9 Å². The van der Waals surface area contributed by atoms with E-state index in [9.17, 15) is 0 Å². The second-order valence-corrected chi connectivity index (χ2v) is 6.71. The Morgan fingerprint density at radius 2 is 1.69 bits per heavy atom. The van der Waals surface area contributed by atoms with E-state index in [4.69, 9.17) is 27.9 Å². The molecule has 3 rings (SSSR count). The Bertz CT molecular complexity index is 882. The quantitative estimate of drug-likeness (QED) is 0.537. The molecule has 2 aromatic carbocycles. The lowest BCUT2D eigenvalue weighted by Crippen LogP contribution is -2.08. The maximum absolute atomic E-state index is 6.03. The molecule has 0 aliphatic rings. The van der Waals surface area contributed by atoms with Gasteiger partial charge in [-0.05, 0) is 50.2 Å². The molecule has 3 aromatic rings. The monoisotopic (exact) mass is 388 g/mol. The third-order valence-electron chi connectivity index (χ3n) is 3.29. The Balaban J connectivity index is 1.80. The fraction of sp³-hybridized carbons (Fsp3) is 0.158. The largest absolute Gasteiger partial charge is 0.489 e. The first-order chi connectivity index (χ1) is 12.5. The maximum atomic E-state index is 6.03. The van der Waals surface area contributed by atoms with Gasteiger partial charge in [0.15, 0.2) is 0 Å². The van der Waals surface area contributed by atoms with Crippen molar-refractivity contribution in [1.82, 2.24) is 9.97 Å². The van der Waals surface area contributed by atoms with Gasteiger partial charge in [0.05, 0.1) is 11.8 Å². The molecule has 0 spiro atoms. The molecule has 0 radical (unpaired) electrons. The minimum Gasteiger partial charge on any atom is -0.489 e. The smallest absolute Gasteiger partial charge is 0.229 e. The van der Waals surface area contributed by atoms with E-state index in [2.05, 4.69) is 20.6 Å². The van der Waals surface area contributed by atoms with Gasteiger partial charge >= 0.3 is 0 Å². The van der Waals surface area contributed by atoms with Crippen molar-refractivity contribution in [3.8, 4) is 5.75 Å². The van der Waals surface area contributed by atoms with Gasteiger partial charge in [0.25, 0.3) is 0 Å². The summed E-state index contributed by atoms with van der Waals surface area (Å²) in [5.74, 6) is 1.80. The van der Waals surface area contributed by atoms with Crippen molar-refractivity contribution < 1.29 is 4.74 Å². The zero-order chi connectivity index (χ0) is 18.5. The SMILES string of the molecule is CC(C)Oc1ccccc1Nc1nccc(Nc2cc(Cl)cc(Cl)c2)n1. The second kappa shape index (κ2) is 8.25. The number of rotatable bonds is 6. The number of benzene rings is 2. The Hall–Kier alpha value is -2.50. The van der Waals surface area contributed by atoms with Gasteiger partial charge in [-0.1, -0.05) is 35.3 Å². The number of para-hydroxylation sites is 2. The van der Waals surface area contributed by atoms with Crippen LogP contribution in [0.25, 0.3) is 0 Å². The molecule has 2 N–H and O–H groups in total. The molecule has 0 bridgehead atoms. The first kappa shape index (κ1) is 18.3. The Morgan fingerprint density at radius 1 is 0.962 bits per heavy atom. The van der Waals surface area contributed by atoms with Gasteiger partial charge in [-0.2, -0.15) is 4.98 Å². The predicted molar refractivity (Wildman–Crippen MR) is 107 cm³/mol. The van der Waals surface area contributed by atoms with Crippen LogP contribution in [0.4, 0.5) is 23.1 Å². The Labute approximate surface area is 162 Å². The fourth-order valence-electron chi connectivity index (χ4n) is 2.31. The van der Waals surface area contributed by atoms with Crippen LogP contribution < -0.4 is 15.4 Å². The predicted octanol–water partition coefficient (Wildman–Crippen LogP) is 6.06. The molecular formula is C19H18Cl2N4O. The summed E-state index contributed by atoms with van der Waals surface area (Å²) in [5, 5.41) is 7.45. The summed E-state index contributed by atoms with van der Waals surface area (Å²) in [5.41, 5.74) is 1.54. The molecule has 0 aliphatic heterocycles. The van der Waals surface area contributed by atoms with Gasteiger partial charge < -0.3 is 15.4 Å². The number of ether oxygens (including phenoxy) is 1. The normalized spacial score (nSPS) is 10.7. The van der Waals surface area contributed by atoms with E-state index in [0.29, 0.717) is 21.8 Å². The average Bonchev–Trinajstić information content (AvgIpc) is 2.55. The van der Waals surface area contributed by atoms with Crippen LogP contribution in [0.3, 0.4) is 0 Å². The van der Waals surface area contributed by atoms with Crippen molar-refractivity contribution in [3.05, 3.63) is 64.8 Å². The number of anilines is 4. The molecule has 1 heterocycles. The van der Waals surface area contributed by atoms with Crippen LogP contribution in [-0.2, 0) is 0 Å². The van der Waals surface area contributed by atoms with Gasteiger partial charge in [0.1, 0.15) is 11.6 Å². The summed E-state index contributed by atoms with van der Waals surface area (Å²) in [6.45, 7) is 3.96. The highest BCUT2D eigenvalue weighted by atomic mass is 35.5. The molecule has 26 heavy (non-hydrogen) atoms. The third kappa shape index (κ3) is 5.00. The van der Waals surface area contributed by atoms with E-state index in [-0.39, 0.29) is 6.10 Å². The van der Waals surface area contributed by atoms with Crippen LogP contribution in [0, 0.1) is 0 Å². The number of nitrogens with one attached hydrogen (secondary N) is 2. The molecule has 1 aromatic heterocycles. The van der Waals surface area contributed by atoms with Crippen molar-refractivity contribution in [2.75, 3.05) is 10.6 Å². The lowest BCUT2D eigenvalue weighted by Gasteiger charge is -2.15. The molecule has 0 unspecified atom stereocenters. The number of aromatic nitrogens is 2. The van der Waals surface area contributed by atoms with E-state index in [1.165, 1.54) is 0 Å². The molecular weight excluding hydrogens is 371 g/mol. The lowest BCUT2D eigenvalue weighted by molar-refractivity contribution is 0.244. The summed E-state index contributed by atoms with van der Waals surface area (Å²) in [7, 11) is 0. The van der Waals surface area contributed by atoms with E-state index < -0.39 is 0 Å². The molecule has 0 saturated heterocycles.